The summed E-state index contributed by atoms with van der Waals surface area (Å²) in [5.41, 5.74) is 3.40. The number of benzene rings is 1. The van der Waals surface area contributed by atoms with E-state index in [0.29, 0.717) is 11.6 Å². The maximum atomic E-state index is 5.82. The average molecular weight is 239 g/mol. The van der Waals surface area contributed by atoms with Crippen LogP contribution in [-0.2, 0) is 0 Å². The fraction of sp³-hybridized carbons (Fsp3) is 0.167. The van der Waals surface area contributed by atoms with E-state index < -0.39 is 0 Å². The number of allylic oxidation sites excluding steroid dienone is 2. The van der Waals surface area contributed by atoms with Crippen molar-refractivity contribution in [1.82, 2.24) is 5.43 Å². The van der Waals surface area contributed by atoms with Crippen LogP contribution in [0, 0.1) is 0 Å². The summed E-state index contributed by atoms with van der Waals surface area (Å²) < 4.78 is 5.46. The van der Waals surface area contributed by atoms with Crippen molar-refractivity contribution in [3.05, 3.63) is 53.2 Å². The van der Waals surface area contributed by atoms with E-state index in [1.165, 1.54) is 0 Å². The van der Waals surface area contributed by atoms with E-state index >= 15 is 0 Å². The Hall–Kier alpha value is -1.45. The topological polar surface area (TPSA) is 47.3 Å². The van der Waals surface area contributed by atoms with E-state index in [0.717, 1.165) is 11.4 Å². The molecule has 4 heteroatoms. The lowest BCUT2D eigenvalue weighted by atomic mass is 10.3. The first-order valence-corrected chi connectivity index (χ1v) is 5.32. The third-order valence-corrected chi connectivity index (χ3v) is 2.15. The van der Waals surface area contributed by atoms with E-state index in [-0.39, 0.29) is 0 Å². The molecule has 0 aromatic heterocycles. The van der Waals surface area contributed by atoms with E-state index in [2.05, 4.69) is 5.43 Å². The number of rotatable bonds is 5. The molecule has 0 saturated heterocycles. The van der Waals surface area contributed by atoms with Gasteiger partial charge in [0.15, 0.2) is 0 Å². The Bertz CT molecular complexity index is 388. The second-order valence-corrected chi connectivity index (χ2v) is 3.50. The lowest BCUT2D eigenvalue weighted by Crippen LogP contribution is -2.19. The van der Waals surface area contributed by atoms with Crippen molar-refractivity contribution in [2.75, 3.05) is 6.61 Å². The van der Waals surface area contributed by atoms with Crippen LogP contribution >= 0.6 is 11.6 Å². The highest BCUT2D eigenvalue weighted by atomic mass is 35.5. The number of hydrogen-bond acceptors (Lipinski definition) is 3. The molecular weight excluding hydrogens is 224 g/mol. The van der Waals surface area contributed by atoms with Crippen LogP contribution in [0.15, 0.2) is 48.2 Å². The summed E-state index contributed by atoms with van der Waals surface area (Å²) in [6, 6.07) is 7.28. The second kappa shape index (κ2) is 6.93. The van der Waals surface area contributed by atoms with E-state index in [9.17, 15) is 0 Å². The number of halogens is 1. The summed E-state index contributed by atoms with van der Waals surface area (Å²) in [5, 5.41) is 0.666. The predicted molar refractivity (Wildman–Crippen MR) is 67.2 cm³/mol. The van der Waals surface area contributed by atoms with Crippen molar-refractivity contribution in [1.29, 1.82) is 0 Å². The van der Waals surface area contributed by atoms with Gasteiger partial charge < -0.3 is 10.2 Å². The Morgan fingerprint density at radius 3 is 3.00 bits per heavy atom. The molecule has 0 bridgehead atoms. The van der Waals surface area contributed by atoms with Crippen molar-refractivity contribution >= 4 is 11.6 Å². The van der Waals surface area contributed by atoms with Gasteiger partial charge in [-0.25, -0.2) is 0 Å². The highest BCUT2D eigenvalue weighted by Gasteiger charge is 1.92. The Balaban J connectivity index is 2.41. The molecule has 0 fully saturated rings. The van der Waals surface area contributed by atoms with Gasteiger partial charge in [-0.1, -0.05) is 23.7 Å². The summed E-state index contributed by atoms with van der Waals surface area (Å²) >= 11 is 5.82. The van der Waals surface area contributed by atoms with Gasteiger partial charge >= 0.3 is 0 Å². The van der Waals surface area contributed by atoms with Crippen molar-refractivity contribution < 1.29 is 4.74 Å². The Labute approximate surface area is 101 Å². The van der Waals surface area contributed by atoms with Crippen LogP contribution in [-0.4, -0.2) is 6.61 Å². The molecule has 0 saturated carbocycles. The van der Waals surface area contributed by atoms with Crippen LogP contribution in [0.2, 0.25) is 5.02 Å². The molecule has 0 atom stereocenters. The maximum absolute atomic E-state index is 5.82. The van der Waals surface area contributed by atoms with E-state index in [1.54, 1.807) is 12.1 Å². The van der Waals surface area contributed by atoms with Gasteiger partial charge in [0, 0.05) is 10.7 Å². The minimum atomic E-state index is 0.472. The Morgan fingerprint density at radius 1 is 1.56 bits per heavy atom. The van der Waals surface area contributed by atoms with E-state index in [1.807, 2.05) is 37.3 Å². The number of hydrazine groups is 1. The molecule has 1 aromatic rings. The minimum Gasteiger partial charge on any atom is -0.489 e. The molecule has 16 heavy (non-hydrogen) atoms. The zero-order valence-corrected chi connectivity index (χ0v) is 9.87. The first kappa shape index (κ1) is 12.6. The van der Waals surface area contributed by atoms with Gasteiger partial charge in [-0.05, 0) is 37.3 Å². The van der Waals surface area contributed by atoms with Crippen LogP contribution in [0.4, 0.5) is 0 Å². The standard InChI is InChI=1S/C12H15ClN2O/c1-2-11(15-14)6-4-8-16-12-7-3-5-10(13)9-12/h2-7,9,15H,8,14H2,1H3/b6-4-,11-2+. The zero-order chi connectivity index (χ0) is 11.8. The molecule has 0 aliphatic rings. The fourth-order valence-corrected chi connectivity index (χ4v) is 1.28. The number of ether oxygens (including phenoxy) is 1. The van der Waals surface area contributed by atoms with Crippen LogP contribution < -0.4 is 16.0 Å². The third-order valence-electron chi connectivity index (χ3n) is 1.92. The molecule has 0 aliphatic carbocycles. The van der Waals surface area contributed by atoms with Crippen molar-refractivity contribution in [3.8, 4) is 5.75 Å². The summed E-state index contributed by atoms with van der Waals surface area (Å²) in [7, 11) is 0. The molecule has 1 aromatic carbocycles. The lowest BCUT2D eigenvalue weighted by molar-refractivity contribution is 0.363. The quantitative estimate of drug-likeness (QED) is 0.471. The second-order valence-electron chi connectivity index (χ2n) is 3.06. The normalized spacial score (nSPS) is 11.8. The van der Waals surface area contributed by atoms with Crippen LogP contribution in [0.25, 0.3) is 0 Å². The molecule has 1 rings (SSSR count). The molecule has 3 nitrogen and oxygen atoms in total. The summed E-state index contributed by atoms with van der Waals surface area (Å²) in [4.78, 5) is 0. The van der Waals surface area contributed by atoms with Gasteiger partial charge in [-0.15, -0.1) is 0 Å². The monoisotopic (exact) mass is 238 g/mol. The highest BCUT2D eigenvalue weighted by molar-refractivity contribution is 6.30. The molecule has 0 heterocycles. The van der Waals surface area contributed by atoms with Crippen molar-refractivity contribution in [3.63, 3.8) is 0 Å². The van der Waals surface area contributed by atoms with E-state index in [4.69, 9.17) is 22.2 Å². The molecule has 0 amide bonds. The SMILES string of the molecule is C/C=C(\C=C/COc1cccc(Cl)c1)NN. The molecule has 3 N–H and O–H groups in total. The zero-order valence-electron chi connectivity index (χ0n) is 9.11. The fourth-order valence-electron chi connectivity index (χ4n) is 1.10. The molecular formula is C12H15ClN2O. The number of nitrogens with two attached hydrogens (primary N) is 1. The minimum absolute atomic E-state index is 0.472. The van der Waals surface area contributed by atoms with Gasteiger partial charge in [0.1, 0.15) is 12.4 Å². The lowest BCUT2D eigenvalue weighted by Gasteiger charge is -2.03. The van der Waals surface area contributed by atoms with Crippen LogP contribution in [0.5, 0.6) is 5.75 Å². The molecule has 0 spiro atoms. The Morgan fingerprint density at radius 2 is 2.38 bits per heavy atom. The smallest absolute Gasteiger partial charge is 0.121 e. The summed E-state index contributed by atoms with van der Waals surface area (Å²) in [6.07, 6.45) is 5.59. The maximum Gasteiger partial charge on any atom is 0.121 e. The summed E-state index contributed by atoms with van der Waals surface area (Å²) in [5.74, 6) is 6.02. The first-order valence-electron chi connectivity index (χ1n) is 4.94. The molecule has 0 radical (unpaired) electrons. The van der Waals surface area contributed by atoms with Crippen molar-refractivity contribution in [2.45, 2.75) is 6.92 Å². The third kappa shape index (κ3) is 4.38. The van der Waals surface area contributed by atoms with Gasteiger partial charge in [-0.3, -0.25) is 5.84 Å². The highest BCUT2D eigenvalue weighted by Crippen LogP contribution is 2.16. The largest absolute Gasteiger partial charge is 0.489 e. The number of nitrogens with one attached hydrogen (secondary N) is 1. The van der Waals surface area contributed by atoms with Crippen LogP contribution in [0.3, 0.4) is 0 Å². The van der Waals surface area contributed by atoms with Gasteiger partial charge in [-0.2, -0.15) is 0 Å². The first-order chi connectivity index (χ1) is 7.76. The van der Waals surface area contributed by atoms with Crippen LogP contribution in [0.1, 0.15) is 6.92 Å². The number of hydrogen-bond donors (Lipinski definition) is 2. The van der Waals surface area contributed by atoms with Gasteiger partial charge in [0.2, 0.25) is 0 Å². The Kier molecular flexibility index (Phi) is 5.46. The molecule has 0 unspecified atom stereocenters. The molecule has 0 aliphatic heterocycles. The molecule has 86 valence electrons. The average Bonchev–Trinajstić information content (AvgIpc) is 2.29. The summed E-state index contributed by atoms with van der Waals surface area (Å²) in [6.45, 7) is 2.37. The van der Waals surface area contributed by atoms with Crippen molar-refractivity contribution in [2.24, 2.45) is 5.84 Å². The van der Waals surface area contributed by atoms with Gasteiger partial charge in [0.05, 0.1) is 0 Å². The predicted octanol–water partition coefficient (Wildman–Crippen LogP) is 2.64. The van der Waals surface area contributed by atoms with Gasteiger partial charge in [0.25, 0.3) is 0 Å².